The molecular weight excluding hydrogens is 817 g/mol. The molecule has 0 heterocycles. The van der Waals surface area contributed by atoms with Crippen LogP contribution in [-0.2, 0) is 28.6 Å². The van der Waals surface area contributed by atoms with Gasteiger partial charge >= 0.3 is 17.9 Å². The molecule has 6 nitrogen and oxygen atoms in total. The third-order valence-electron chi connectivity index (χ3n) is 12.0. The SMILES string of the molecule is CCCC/C=C\CCCCCCCC(=O)OCC(COC(=O)CCCCCCCCCCCC/C=C\C=C/CCCCC)OC(=O)CCCCCCC\C=C/C=C\C=C/CCCCCCC. The number of carbonyl (C=O) groups is 3. The van der Waals surface area contributed by atoms with Crippen molar-refractivity contribution in [3.05, 3.63) is 72.9 Å². The van der Waals surface area contributed by atoms with Crippen molar-refractivity contribution in [1.29, 1.82) is 0 Å². The van der Waals surface area contributed by atoms with E-state index in [0.29, 0.717) is 19.3 Å². The van der Waals surface area contributed by atoms with Crippen molar-refractivity contribution >= 4 is 17.9 Å². The van der Waals surface area contributed by atoms with E-state index in [1.807, 2.05) is 0 Å². The summed E-state index contributed by atoms with van der Waals surface area (Å²) >= 11 is 0. The molecule has 0 radical (unpaired) electrons. The first-order valence-corrected chi connectivity index (χ1v) is 28.0. The van der Waals surface area contributed by atoms with Crippen LogP contribution in [0.4, 0.5) is 0 Å². The summed E-state index contributed by atoms with van der Waals surface area (Å²) in [4.78, 5) is 38.1. The van der Waals surface area contributed by atoms with Crippen molar-refractivity contribution in [2.75, 3.05) is 13.2 Å². The van der Waals surface area contributed by atoms with E-state index in [9.17, 15) is 14.4 Å². The van der Waals surface area contributed by atoms with Gasteiger partial charge in [-0.3, -0.25) is 14.4 Å². The maximum absolute atomic E-state index is 12.8. The van der Waals surface area contributed by atoms with Crippen molar-refractivity contribution in [1.82, 2.24) is 0 Å². The van der Waals surface area contributed by atoms with Crippen LogP contribution in [0.5, 0.6) is 0 Å². The van der Waals surface area contributed by atoms with Crippen molar-refractivity contribution in [3.63, 3.8) is 0 Å². The molecule has 0 aromatic rings. The van der Waals surface area contributed by atoms with Crippen LogP contribution in [0.1, 0.15) is 271 Å². The van der Waals surface area contributed by atoms with Crippen LogP contribution in [0, 0.1) is 0 Å². The number of unbranched alkanes of at least 4 members (excludes halogenated alkanes) is 30. The van der Waals surface area contributed by atoms with Gasteiger partial charge in [0.25, 0.3) is 0 Å². The van der Waals surface area contributed by atoms with Gasteiger partial charge < -0.3 is 14.2 Å². The Morgan fingerprint density at radius 3 is 0.970 bits per heavy atom. The zero-order chi connectivity index (χ0) is 47.9. The third kappa shape index (κ3) is 51.8. The first-order chi connectivity index (χ1) is 32.5. The molecule has 0 bridgehead atoms. The van der Waals surface area contributed by atoms with E-state index in [4.69, 9.17) is 14.2 Å². The molecule has 0 aliphatic heterocycles. The molecule has 0 aliphatic rings. The summed E-state index contributed by atoms with van der Waals surface area (Å²) in [6.45, 7) is 6.54. The molecule has 6 heteroatoms. The van der Waals surface area contributed by atoms with E-state index >= 15 is 0 Å². The molecule has 0 N–H and O–H groups in total. The van der Waals surface area contributed by atoms with Gasteiger partial charge in [0.05, 0.1) is 0 Å². The van der Waals surface area contributed by atoms with Crippen LogP contribution in [0.3, 0.4) is 0 Å². The van der Waals surface area contributed by atoms with E-state index in [1.54, 1.807) is 0 Å². The second kappa shape index (κ2) is 54.5. The highest BCUT2D eigenvalue weighted by atomic mass is 16.6. The quantitative estimate of drug-likeness (QED) is 0.0199. The van der Waals surface area contributed by atoms with E-state index in [2.05, 4.69) is 93.7 Å². The second-order valence-corrected chi connectivity index (χ2v) is 18.6. The van der Waals surface area contributed by atoms with Crippen LogP contribution in [-0.4, -0.2) is 37.2 Å². The summed E-state index contributed by atoms with van der Waals surface area (Å²) < 4.78 is 16.8. The van der Waals surface area contributed by atoms with Crippen LogP contribution in [0.25, 0.3) is 0 Å². The van der Waals surface area contributed by atoms with E-state index in [-0.39, 0.29) is 31.1 Å². The smallest absolute Gasteiger partial charge is 0.306 e. The number of carbonyl (C=O) groups excluding carboxylic acids is 3. The predicted octanol–water partition coefficient (Wildman–Crippen LogP) is 18.6. The summed E-state index contributed by atoms with van der Waals surface area (Å²) in [7, 11) is 0. The summed E-state index contributed by atoms with van der Waals surface area (Å²) in [6.07, 6.45) is 68.8. The molecule has 0 aromatic heterocycles. The highest BCUT2D eigenvalue weighted by Crippen LogP contribution is 2.15. The fourth-order valence-electron chi connectivity index (χ4n) is 7.71. The average molecular weight is 921 g/mol. The van der Waals surface area contributed by atoms with E-state index in [1.165, 1.54) is 141 Å². The summed E-state index contributed by atoms with van der Waals surface area (Å²) in [5, 5.41) is 0. The van der Waals surface area contributed by atoms with Gasteiger partial charge in [-0.1, -0.05) is 235 Å². The number of hydrogen-bond acceptors (Lipinski definition) is 6. The molecule has 1 atom stereocenters. The maximum atomic E-state index is 12.8. The second-order valence-electron chi connectivity index (χ2n) is 18.6. The lowest BCUT2D eigenvalue weighted by atomic mass is 10.1. The Bertz CT molecular complexity index is 1240. The molecule has 0 saturated heterocycles. The zero-order valence-electron chi connectivity index (χ0n) is 43.4. The topological polar surface area (TPSA) is 78.9 Å². The van der Waals surface area contributed by atoms with Gasteiger partial charge in [0.15, 0.2) is 6.10 Å². The summed E-state index contributed by atoms with van der Waals surface area (Å²) in [6, 6.07) is 0. The molecule has 380 valence electrons. The molecule has 0 spiro atoms. The molecule has 0 fully saturated rings. The Balaban J connectivity index is 4.39. The monoisotopic (exact) mass is 921 g/mol. The minimum atomic E-state index is -0.790. The van der Waals surface area contributed by atoms with Crippen LogP contribution < -0.4 is 0 Å². The van der Waals surface area contributed by atoms with Gasteiger partial charge in [0.1, 0.15) is 13.2 Å². The first kappa shape index (κ1) is 62.8. The zero-order valence-corrected chi connectivity index (χ0v) is 43.4. The molecule has 0 aliphatic carbocycles. The van der Waals surface area contributed by atoms with Gasteiger partial charge in [-0.2, -0.15) is 0 Å². The number of ether oxygens (including phenoxy) is 3. The Labute approximate surface area is 408 Å². The van der Waals surface area contributed by atoms with Gasteiger partial charge in [0.2, 0.25) is 0 Å². The normalized spacial score (nSPS) is 12.6. The van der Waals surface area contributed by atoms with Crippen LogP contribution in [0.2, 0.25) is 0 Å². The van der Waals surface area contributed by atoms with E-state index in [0.717, 1.165) is 89.9 Å². The number of rotatable bonds is 50. The number of esters is 3. The van der Waals surface area contributed by atoms with Crippen LogP contribution in [0.15, 0.2) is 72.9 Å². The van der Waals surface area contributed by atoms with Crippen LogP contribution >= 0.6 is 0 Å². The Morgan fingerprint density at radius 2 is 0.576 bits per heavy atom. The van der Waals surface area contributed by atoms with Crippen molar-refractivity contribution in [2.24, 2.45) is 0 Å². The molecule has 0 rings (SSSR count). The minimum Gasteiger partial charge on any atom is -0.462 e. The Kier molecular flexibility index (Phi) is 51.9. The molecule has 66 heavy (non-hydrogen) atoms. The van der Waals surface area contributed by atoms with E-state index < -0.39 is 6.10 Å². The maximum Gasteiger partial charge on any atom is 0.306 e. The van der Waals surface area contributed by atoms with Crippen molar-refractivity contribution in [2.45, 2.75) is 277 Å². The summed E-state index contributed by atoms with van der Waals surface area (Å²) in [5.74, 6) is -0.916. The van der Waals surface area contributed by atoms with Gasteiger partial charge in [-0.05, 0) is 89.9 Å². The Morgan fingerprint density at radius 1 is 0.303 bits per heavy atom. The fraction of sp³-hybridized carbons (Fsp3) is 0.750. The standard InChI is InChI=1S/C60H104O6/c1-4-7-10-13-16-19-22-24-26-28-30-32-33-35-38-41-44-47-50-53-59(62)65-56-57(55-64-58(61)52-49-46-43-40-37-21-18-15-12-9-6-3)66-60(63)54-51-48-45-42-39-36-34-31-29-27-25-23-20-17-14-11-8-5-2/h15-16,18-19,22-25,27,29,31,34,57H,4-14,17,20-21,26,28,30,32-33,35-56H2,1-3H3/b18-15-,19-16-,24-22-,25-23-,29-27-,34-31-. The van der Waals surface area contributed by atoms with Crippen molar-refractivity contribution in [3.8, 4) is 0 Å². The third-order valence-corrected chi connectivity index (χ3v) is 12.0. The largest absolute Gasteiger partial charge is 0.462 e. The first-order valence-electron chi connectivity index (χ1n) is 28.0. The van der Waals surface area contributed by atoms with Gasteiger partial charge in [0, 0.05) is 19.3 Å². The average Bonchev–Trinajstić information content (AvgIpc) is 3.31. The summed E-state index contributed by atoms with van der Waals surface area (Å²) in [5.41, 5.74) is 0. The fourth-order valence-corrected chi connectivity index (χ4v) is 7.71. The highest BCUT2D eigenvalue weighted by molar-refractivity contribution is 5.71. The lowest BCUT2D eigenvalue weighted by Gasteiger charge is -2.18. The van der Waals surface area contributed by atoms with Crippen molar-refractivity contribution < 1.29 is 28.6 Å². The molecule has 0 amide bonds. The molecule has 0 saturated carbocycles. The predicted molar refractivity (Wildman–Crippen MR) is 284 cm³/mol. The molecular formula is C60H104O6. The minimum absolute atomic E-state index is 0.0880. The number of allylic oxidation sites excluding steroid dienone is 12. The lowest BCUT2D eigenvalue weighted by molar-refractivity contribution is -0.167. The lowest BCUT2D eigenvalue weighted by Crippen LogP contribution is -2.30. The highest BCUT2D eigenvalue weighted by Gasteiger charge is 2.19. The van der Waals surface area contributed by atoms with Gasteiger partial charge in [-0.15, -0.1) is 0 Å². The van der Waals surface area contributed by atoms with Gasteiger partial charge in [-0.25, -0.2) is 0 Å². The molecule has 1 unspecified atom stereocenters. The Hall–Kier alpha value is -3.15. The number of hydrogen-bond donors (Lipinski definition) is 0. The molecule has 0 aromatic carbocycles.